The van der Waals surface area contributed by atoms with E-state index in [4.69, 9.17) is 9.31 Å². The Bertz CT molecular complexity index is 853. The Hall–Kier alpha value is -1.85. The van der Waals surface area contributed by atoms with E-state index in [0.717, 1.165) is 21.9 Å². The zero-order chi connectivity index (χ0) is 15.5. The number of benzene rings is 1. The minimum absolute atomic E-state index is 0.324. The van der Waals surface area contributed by atoms with Gasteiger partial charge in [-0.2, -0.15) is 0 Å². The highest BCUT2D eigenvalue weighted by Crippen LogP contribution is 2.36. The highest BCUT2D eigenvalue weighted by Gasteiger charge is 2.51. The van der Waals surface area contributed by atoms with Crippen LogP contribution in [-0.4, -0.2) is 28.3 Å². The van der Waals surface area contributed by atoms with Crippen LogP contribution in [0.25, 0.3) is 21.8 Å². The molecule has 3 heterocycles. The molecule has 1 fully saturated rings. The van der Waals surface area contributed by atoms with Gasteiger partial charge in [0.25, 0.3) is 0 Å². The lowest BCUT2D eigenvalue weighted by molar-refractivity contribution is 0.00578. The van der Waals surface area contributed by atoms with Gasteiger partial charge in [0.15, 0.2) is 0 Å². The lowest BCUT2D eigenvalue weighted by Crippen LogP contribution is -2.41. The van der Waals surface area contributed by atoms with Crippen LogP contribution < -0.4 is 5.46 Å². The number of hydrogen-bond donors (Lipinski definition) is 1. The molecule has 4 nitrogen and oxygen atoms in total. The molecule has 0 atom stereocenters. The normalized spacial score (nSPS) is 20.1. The van der Waals surface area contributed by atoms with E-state index in [-0.39, 0.29) is 18.3 Å². The molecule has 3 aromatic rings. The van der Waals surface area contributed by atoms with Gasteiger partial charge in [0.2, 0.25) is 0 Å². The van der Waals surface area contributed by atoms with Gasteiger partial charge >= 0.3 is 7.12 Å². The summed E-state index contributed by atoms with van der Waals surface area (Å²) in [5, 5.41) is 3.42. The van der Waals surface area contributed by atoms with Gasteiger partial charge in [-0.15, -0.1) is 0 Å². The second-order valence-electron chi connectivity index (χ2n) is 6.93. The van der Waals surface area contributed by atoms with E-state index in [9.17, 15) is 0 Å². The third-order valence-electron chi connectivity index (χ3n) is 4.95. The van der Waals surface area contributed by atoms with Crippen molar-refractivity contribution in [3.05, 3.63) is 36.7 Å². The summed E-state index contributed by atoms with van der Waals surface area (Å²) < 4.78 is 12.2. The number of aromatic amines is 1. The molecule has 2 aromatic heterocycles. The average molecular weight is 294 g/mol. The zero-order valence-electron chi connectivity index (χ0n) is 13.3. The van der Waals surface area contributed by atoms with Gasteiger partial charge < -0.3 is 14.3 Å². The summed E-state index contributed by atoms with van der Waals surface area (Å²) in [6.45, 7) is 8.27. The predicted octanol–water partition coefficient (Wildman–Crippen LogP) is 3.02. The van der Waals surface area contributed by atoms with Crippen LogP contribution in [0.3, 0.4) is 0 Å². The molecular formula is C17H19BN2O2. The average Bonchev–Trinajstić information content (AvgIpc) is 3.01. The summed E-state index contributed by atoms with van der Waals surface area (Å²) in [7, 11) is -0.337. The monoisotopic (exact) mass is 294 g/mol. The fraction of sp³-hybridized carbons (Fsp3) is 0.353. The lowest BCUT2D eigenvalue weighted by atomic mass is 9.78. The van der Waals surface area contributed by atoms with Gasteiger partial charge in [-0.05, 0) is 44.6 Å². The Morgan fingerprint density at radius 3 is 2.45 bits per heavy atom. The van der Waals surface area contributed by atoms with E-state index < -0.39 is 0 Å². The van der Waals surface area contributed by atoms with Crippen LogP contribution in [0.4, 0.5) is 0 Å². The van der Waals surface area contributed by atoms with Crippen LogP contribution in [0.2, 0.25) is 0 Å². The number of pyridine rings is 1. The molecule has 1 saturated heterocycles. The number of H-pyrrole nitrogens is 1. The number of rotatable bonds is 1. The molecule has 0 saturated carbocycles. The molecule has 4 rings (SSSR count). The Morgan fingerprint density at radius 2 is 1.73 bits per heavy atom. The SMILES string of the molecule is CC1(C)OB(c2ccc3c(cnc4[nH]ccc43)c2)OC1(C)C. The van der Waals surface area contributed by atoms with Crippen molar-refractivity contribution >= 4 is 34.4 Å². The number of nitrogens with one attached hydrogen (secondary N) is 1. The maximum Gasteiger partial charge on any atom is 0.494 e. The van der Waals surface area contributed by atoms with Gasteiger partial charge in [0.1, 0.15) is 5.65 Å². The molecule has 1 aliphatic heterocycles. The Labute approximate surface area is 130 Å². The first-order valence-electron chi connectivity index (χ1n) is 7.59. The molecule has 22 heavy (non-hydrogen) atoms. The number of nitrogens with zero attached hydrogens (tertiary/aromatic N) is 1. The molecule has 0 bridgehead atoms. The second kappa shape index (κ2) is 4.34. The Morgan fingerprint density at radius 1 is 1.00 bits per heavy atom. The summed E-state index contributed by atoms with van der Waals surface area (Å²) in [4.78, 5) is 7.60. The second-order valence-corrected chi connectivity index (χ2v) is 6.93. The zero-order valence-corrected chi connectivity index (χ0v) is 13.3. The highest BCUT2D eigenvalue weighted by molar-refractivity contribution is 6.62. The molecule has 0 unspecified atom stereocenters. The van der Waals surface area contributed by atoms with E-state index in [1.54, 1.807) is 0 Å². The van der Waals surface area contributed by atoms with Crippen LogP contribution in [-0.2, 0) is 9.31 Å². The molecule has 0 radical (unpaired) electrons. The van der Waals surface area contributed by atoms with Crippen LogP contribution in [0.1, 0.15) is 27.7 Å². The van der Waals surface area contributed by atoms with Crippen molar-refractivity contribution < 1.29 is 9.31 Å². The Balaban J connectivity index is 1.79. The first-order chi connectivity index (χ1) is 10.4. The largest absolute Gasteiger partial charge is 0.494 e. The molecule has 5 heteroatoms. The van der Waals surface area contributed by atoms with Gasteiger partial charge in [0, 0.05) is 23.2 Å². The third kappa shape index (κ3) is 1.89. The van der Waals surface area contributed by atoms with Crippen LogP contribution in [0, 0.1) is 0 Å². The summed E-state index contributed by atoms with van der Waals surface area (Å²) in [6.07, 6.45) is 3.81. The maximum atomic E-state index is 6.12. The van der Waals surface area contributed by atoms with Crippen molar-refractivity contribution in [2.45, 2.75) is 38.9 Å². The number of aromatic nitrogens is 2. The molecular weight excluding hydrogens is 275 g/mol. The quantitative estimate of drug-likeness (QED) is 0.702. The van der Waals surface area contributed by atoms with Crippen molar-refractivity contribution in [2.24, 2.45) is 0 Å². The van der Waals surface area contributed by atoms with E-state index >= 15 is 0 Å². The van der Waals surface area contributed by atoms with E-state index in [1.165, 1.54) is 5.39 Å². The third-order valence-corrected chi connectivity index (χ3v) is 4.95. The summed E-state index contributed by atoms with van der Waals surface area (Å²) in [5.74, 6) is 0. The fourth-order valence-electron chi connectivity index (χ4n) is 2.88. The Kier molecular flexibility index (Phi) is 2.72. The van der Waals surface area contributed by atoms with Crippen molar-refractivity contribution in [1.82, 2.24) is 9.97 Å². The van der Waals surface area contributed by atoms with E-state index in [2.05, 4.69) is 61.9 Å². The van der Waals surface area contributed by atoms with Gasteiger partial charge in [-0.25, -0.2) is 4.98 Å². The molecule has 0 amide bonds. The minimum atomic E-state index is -0.337. The van der Waals surface area contributed by atoms with E-state index in [0.29, 0.717) is 0 Å². The maximum absolute atomic E-state index is 6.12. The molecule has 1 aliphatic rings. The molecule has 112 valence electrons. The lowest BCUT2D eigenvalue weighted by Gasteiger charge is -2.32. The van der Waals surface area contributed by atoms with Crippen LogP contribution >= 0.6 is 0 Å². The minimum Gasteiger partial charge on any atom is -0.399 e. The fourth-order valence-corrected chi connectivity index (χ4v) is 2.88. The molecule has 1 N–H and O–H groups in total. The predicted molar refractivity (Wildman–Crippen MR) is 89.3 cm³/mol. The summed E-state index contributed by atoms with van der Waals surface area (Å²) >= 11 is 0. The van der Waals surface area contributed by atoms with Crippen molar-refractivity contribution in [3.8, 4) is 0 Å². The summed E-state index contributed by atoms with van der Waals surface area (Å²) in [5.41, 5.74) is 1.30. The van der Waals surface area contributed by atoms with Gasteiger partial charge in [-0.1, -0.05) is 18.2 Å². The number of hydrogen-bond acceptors (Lipinski definition) is 3. The van der Waals surface area contributed by atoms with E-state index in [1.807, 2.05) is 12.4 Å². The van der Waals surface area contributed by atoms with Gasteiger partial charge in [0.05, 0.1) is 11.2 Å². The first kappa shape index (κ1) is 13.8. The molecule has 1 aromatic carbocycles. The molecule has 0 spiro atoms. The van der Waals surface area contributed by atoms with Crippen molar-refractivity contribution in [3.63, 3.8) is 0 Å². The standard InChI is InChI=1S/C17H19BN2O2/c1-16(2)17(3,4)22-18(21-16)12-5-6-13-11(9-12)10-20-15-14(13)7-8-19-15/h5-10H,1-4H3,(H,19,20). The van der Waals surface area contributed by atoms with Crippen molar-refractivity contribution in [2.75, 3.05) is 0 Å². The van der Waals surface area contributed by atoms with Crippen molar-refractivity contribution in [1.29, 1.82) is 0 Å². The number of fused-ring (bicyclic) bond motifs is 3. The smallest absolute Gasteiger partial charge is 0.399 e. The molecule has 0 aliphatic carbocycles. The summed E-state index contributed by atoms with van der Waals surface area (Å²) in [6, 6.07) is 8.36. The highest BCUT2D eigenvalue weighted by atomic mass is 16.7. The van der Waals surface area contributed by atoms with Crippen LogP contribution in [0.5, 0.6) is 0 Å². The van der Waals surface area contributed by atoms with Crippen LogP contribution in [0.15, 0.2) is 36.7 Å². The van der Waals surface area contributed by atoms with Gasteiger partial charge in [-0.3, -0.25) is 0 Å². The first-order valence-corrected chi connectivity index (χ1v) is 7.59. The topological polar surface area (TPSA) is 47.1 Å².